The van der Waals surface area contributed by atoms with Gasteiger partial charge in [0.05, 0.1) is 0 Å². The average Bonchev–Trinajstić information content (AvgIpc) is 3.16. The maximum Gasteiger partial charge on any atom is 0.248 e. The highest BCUT2D eigenvalue weighted by Crippen LogP contribution is 2.51. The monoisotopic (exact) mass is 326 g/mol. The summed E-state index contributed by atoms with van der Waals surface area (Å²) >= 11 is 0. The van der Waals surface area contributed by atoms with Gasteiger partial charge in [0.2, 0.25) is 12.3 Å². The van der Waals surface area contributed by atoms with E-state index in [0.29, 0.717) is 5.56 Å². The van der Waals surface area contributed by atoms with Gasteiger partial charge in [0.15, 0.2) is 0 Å². The van der Waals surface area contributed by atoms with E-state index in [0.717, 1.165) is 30.9 Å². The van der Waals surface area contributed by atoms with Crippen molar-refractivity contribution >= 4 is 18.4 Å². The second-order valence-electron chi connectivity index (χ2n) is 7.19. The molecular weight excluding hydrogens is 300 g/mol. The molecule has 2 atom stereocenters. The number of hydrogen-bond acceptors (Lipinski definition) is 2. The van der Waals surface area contributed by atoms with Crippen molar-refractivity contribution in [1.82, 2.24) is 5.32 Å². The van der Waals surface area contributed by atoms with Crippen LogP contribution in [0.1, 0.15) is 66.4 Å². The predicted octanol–water partition coefficient (Wildman–Crippen LogP) is 3.16. The number of amides is 2. The van der Waals surface area contributed by atoms with Gasteiger partial charge in [-0.25, -0.2) is 0 Å². The topological polar surface area (TPSA) is 72.2 Å². The lowest BCUT2D eigenvalue weighted by Gasteiger charge is -2.24. The first kappa shape index (κ1) is 16.7. The summed E-state index contributed by atoms with van der Waals surface area (Å²) in [5.74, 6) is 0.413. The van der Waals surface area contributed by atoms with Crippen LogP contribution in [-0.4, -0.2) is 18.9 Å². The maximum atomic E-state index is 11.4. The number of nitrogens with one attached hydrogen (secondary N) is 1. The number of allylic oxidation sites excluding steroid dienone is 1. The number of carbonyl (C=O) groups excluding carboxylic acids is 2. The molecule has 0 saturated heterocycles. The third-order valence-electron chi connectivity index (χ3n) is 5.62. The van der Waals surface area contributed by atoms with Crippen LogP contribution < -0.4 is 11.1 Å². The van der Waals surface area contributed by atoms with E-state index in [1.54, 1.807) is 0 Å². The third kappa shape index (κ3) is 3.37. The van der Waals surface area contributed by atoms with Gasteiger partial charge < -0.3 is 11.1 Å². The van der Waals surface area contributed by atoms with Crippen molar-refractivity contribution in [1.29, 1.82) is 0 Å². The molecule has 2 aliphatic carbocycles. The van der Waals surface area contributed by atoms with Crippen LogP contribution in [0.2, 0.25) is 0 Å². The highest BCUT2D eigenvalue weighted by atomic mass is 16.1. The van der Waals surface area contributed by atoms with E-state index in [9.17, 15) is 9.59 Å². The second-order valence-corrected chi connectivity index (χ2v) is 7.19. The Kier molecular flexibility index (Phi) is 5.03. The number of rotatable bonds is 8. The van der Waals surface area contributed by atoms with E-state index < -0.39 is 0 Å². The van der Waals surface area contributed by atoms with E-state index in [4.69, 9.17) is 5.73 Å². The minimum atomic E-state index is -0.361. The van der Waals surface area contributed by atoms with Gasteiger partial charge >= 0.3 is 0 Å². The molecule has 0 aromatic heterocycles. The Morgan fingerprint density at radius 2 is 2.21 bits per heavy atom. The van der Waals surface area contributed by atoms with Gasteiger partial charge in [0, 0.05) is 17.5 Å². The summed E-state index contributed by atoms with van der Waals surface area (Å²) in [6, 6.07) is 5.89. The van der Waals surface area contributed by atoms with Crippen LogP contribution in [0.15, 0.2) is 24.3 Å². The molecule has 2 unspecified atom stereocenters. The first-order valence-corrected chi connectivity index (χ1v) is 8.95. The van der Waals surface area contributed by atoms with Crippen molar-refractivity contribution in [3.05, 3.63) is 41.0 Å². The van der Waals surface area contributed by atoms with Gasteiger partial charge in [0.25, 0.3) is 0 Å². The Balaban J connectivity index is 1.56. The van der Waals surface area contributed by atoms with Crippen LogP contribution in [0.4, 0.5) is 0 Å². The molecular formula is C20H26N2O2. The molecule has 1 aromatic carbocycles. The fourth-order valence-electron chi connectivity index (χ4n) is 4.37. The van der Waals surface area contributed by atoms with Crippen molar-refractivity contribution in [2.75, 3.05) is 6.54 Å². The van der Waals surface area contributed by atoms with E-state index >= 15 is 0 Å². The zero-order chi connectivity index (χ0) is 17.0. The zero-order valence-corrected chi connectivity index (χ0v) is 14.1. The lowest BCUT2D eigenvalue weighted by Crippen LogP contribution is -2.18. The number of hydrogen-bond donors (Lipinski definition) is 2. The summed E-state index contributed by atoms with van der Waals surface area (Å²) in [5.41, 5.74) is 8.68. The van der Waals surface area contributed by atoms with E-state index in [1.165, 1.54) is 44.1 Å². The average molecular weight is 326 g/mol. The molecule has 4 heteroatoms. The Morgan fingerprint density at radius 3 is 3.00 bits per heavy atom. The maximum absolute atomic E-state index is 11.4. The highest BCUT2D eigenvalue weighted by Gasteiger charge is 2.41. The molecule has 0 aliphatic heterocycles. The van der Waals surface area contributed by atoms with Crippen LogP contribution in [0.25, 0.3) is 6.08 Å². The lowest BCUT2D eigenvalue weighted by molar-refractivity contribution is -0.109. The van der Waals surface area contributed by atoms with Crippen LogP contribution in [0, 0.1) is 5.92 Å². The van der Waals surface area contributed by atoms with Crippen molar-refractivity contribution in [3.8, 4) is 0 Å². The summed E-state index contributed by atoms with van der Waals surface area (Å²) in [7, 11) is 0. The predicted molar refractivity (Wildman–Crippen MR) is 95.5 cm³/mol. The molecule has 2 aliphatic rings. The zero-order valence-electron chi connectivity index (χ0n) is 14.1. The molecule has 3 N–H and O–H groups in total. The molecule has 0 bridgehead atoms. The smallest absolute Gasteiger partial charge is 0.248 e. The number of carbonyl (C=O) groups is 2. The quantitative estimate of drug-likeness (QED) is 0.569. The summed E-state index contributed by atoms with van der Waals surface area (Å²) in [5, 5.41) is 2.72. The standard InChI is InChI=1S/C20H26N2O2/c21-19(24)17-5-6-18-16(12-17)8-10-20(18)9-7-15(13-20)4-2-1-3-11-22-14-23/h5-6,8,10,12,14-15H,1-4,7,9,11,13H2,(H2,21,24)(H,22,23). The molecule has 3 rings (SSSR count). The van der Waals surface area contributed by atoms with E-state index in [1.807, 2.05) is 12.1 Å². The molecule has 24 heavy (non-hydrogen) atoms. The van der Waals surface area contributed by atoms with E-state index in [2.05, 4.69) is 23.5 Å². The first-order chi connectivity index (χ1) is 11.6. The summed E-state index contributed by atoms with van der Waals surface area (Å²) in [6.07, 6.45) is 13.7. The van der Waals surface area contributed by atoms with Crippen molar-refractivity contribution in [2.24, 2.45) is 11.7 Å². The van der Waals surface area contributed by atoms with E-state index in [-0.39, 0.29) is 11.3 Å². The number of nitrogens with two attached hydrogens (primary N) is 1. The fraction of sp³-hybridized carbons (Fsp3) is 0.500. The van der Waals surface area contributed by atoms with Gasteiger partial charge in [-0.15, -0.1) is 0 Å². The molecule has 2 amide bonds. The van der Waals surface area contributed by atoms with Crippen molar-refractivity contribution < 1.29 is 9.59 Å². The lowest BCUT2D eigenvalue weighted by atomic mass is 9.79. The molecule has 4 nitrogen and oxygen atoms in total. The third-order valence-corrected chi connectivity index (χ3v) is 5.62. The van der Waals surface area contributed by atoms with Crippen LogP contribution >= 0.6 is 0 Å². The normalized spacial score (nSPS) is 24.2. The number of primary amides is 1. The number of unbranched alkanes of at least 4 members (excludes halogenated alkanes) is 2. The number of benzene rings is 1. The fourth-order valence-corrected chi connectivity index (χ4v) is 4.37. The van der Waals surface area contributed by atoms with Gasteiger partial charge in [-0.1, -0.05) is 37.5 Å². The SMILES string of the molecule is NC(=O)c1ccc2c(c1)C=CC21CCC(CCCCCNC=O)C1. The Morgan fingerprint density at radius 1 is 1.33 bits per heavy atom. The summed E-state index contributed by atoms with van der Waals surface area (Å²) in [6.45, 7) is 0.788. The number of fused-ring (bicyclic) bond motifs is 2. The molecule has 1 fully saturated rings. The van der Waals surface area contributed by atoms with Gasteiger partial charge in [-0.2, -0.15) is 0 Å². The second kappa shape index (κ2) is 7.20. The Bertz CT molecular complexity index is 653. The summed E-state index contributed by atoms with van der Waals surface area (Å²) < 4.78 is 0. The molecule has 1 spiro atoms. The molecule has 0 heterocycles. The minimum absolute atomic E-state index is 0.176. The van der Waals surface area contributed by atoms with Crippen molar-refractivity contribution in [3.63, 3.8) is 0 Å². The van der Waals surface area contributed by atoms with Gasteiger partial charge in [-0.3, -0.25) is 9.59 Å². The molecule has 1 saturated carbocycles. The molecule has 0 radical (unpaired) electrons. The largest absolute Gasteiger partial charge is 0.366 e. The molecule has 128 valence electrons. The summed E-state index contributed by atoms with van der Waals surface area (Å²) in [4.78, 5) is 21.6. The van der Waals surface area contributed by atoms with Crippen molar-refractivity contribution in [2.45, 2.75) is 50.4 Å². The van der Waals surface area contributed by atoms with Gasteiger partial charge in [0.1, 0.15) is 0 Å². The minimum Gasteiger partial charge on any atom is -0.366 e. The highest BCUT2D eigenvalue weighted by molar-refractivity contribution is 5.94. The Labute approximate surface area is 143 Å². The van der Waals surface area contributed by atoms with Gasteiger partial charge in [-0.05, 0) is 54.9 Å². The Hall–Kier alpha value is -2.10. The van der Waals surface area contributed by atoms with Crippen LogP contribution in [0.3, 0.4) is 0 Å². The first-order valence-electron chi connectivity index (χ1n) is 8.95. The molecule has 1 aromatic rings. The van der Waals surface area contributed by atoms with Crippen LogP contribution in [0.5, 0.6) is 0 Å². The van der Waals surface area contributed by atoms with Crippen LogP contribution in [-0.2, 0) is 10.2 Å².